The molecule has 0 bridgehead atoms. The summed E-state index contributed by atoms with van der Waals surface area (Å²) in [7, 11) is 1.49. The summed E-state index contributed by atoms with van der Waals surface area (Å²) in [6.45, 7) is 0.245. The number of hydrogen-bond acceptors (Lipinski definition) is 3. The van der Waals surface area contributed by atoms with E-state index in [0.29, 0.717) is 0 Å². The number of rotatable bonds is 4. The van der Waals surface area contributed by atoms with Crippen molar-refractivity contribution in [2.24, 2.45) is 0 Å². The largest absolute Gasteiger partial charge is 0.478 e. The van der Waals surface area contributed by atoms with Crippen molar-refractivity contribution in [3.8, 4) is 6.07 Å². The molecule has 1 rings (SSSR count). The van der Waals surface area contributed by atoms with E-state index in [0.717, 1.165) is 12.1 Å². The molecule has 7 heteroatoms. The van der Waals surface area contributed by atoms with Crippen LogP contribution in [0.15, 0.2) is 18.2 Å². The van der Waals surface area contributed by atoms with Crippen molar-refractivity contribution >= 4 is 17.7 Å². The van der Waals surface area contributed by atoms with E-state index in [1.165, 1.54) is 18.0 Å². The number of nitriles is 1. The molecule has 0 saturated carbocycles. The molecule has 1 aromatic rings. The maximum atomic E-state index is 13.1. The molecular formula is C12H12FN3O3. The molecule has 1 aromatic carbocycles. The second-order valence-corrected chi connectivity index (χ2v) is 3.76. The number of anilines is 1. The molecule has 0 saturated heterocycles. The molecule has 0 heterocycles. The minimum absolute atomic E-state index is 0.174. The summed E-state index contributed by atoms with van der Waals surface area (Å²) < 4.78 is 13.1. The fourth-order valence-electron chi connectivity index (χ4n) is 1.31. The fourth-order valence-corrected chi connectivity index (χ4v) is 1.31. The third-order valence-corrected chi connectivity index (χ3v) is 2.35. The maximum absolute atomic E-state index is 13.1. The molecule has 0 aliphatic rings. The van der Waals surface area contributed by atoms with Crippen molar-refractivity contribution in [1.82, 2.24) is 4.90 Å². The molecule has 2 N–H and O–H groups in total. The molecule has 0 spiro atoms. The van der Waals surface area contributed by atoms with Crippen molar-refractivity contribution in [1.29, 1.82) is 5.26 Å². The number of carbonyl (C=O) groups excluding carboxylic acids is 1. The van der Waals surface area contributed by atoms with Crippen LogP contribution in [0, 0.1) is 17.1 Å². The number of carboxylic acids is 1. The molecule has 100 valence electrons. The number of nitrogens with zero attached hydrogens (tertiary/aromatic N) is 2. The second-order valence-electron chi connectivity index (χ2n) is 3.76. The highest BCUT2D eigenvalue weighted by Crippen LogP contribution is 2.15. The smallest absolute Gasteiger partial charge is 0.338 e. The molecule has 2 amide bonds. The van der Waals surface area contributed by atoms with E-state index >= 15 is 0 Å². The topological polar surface area (TPSA) is 93.4 Å². The third kappa shape index (κ3) is 3.96. The number of carboxylic acid groups (broad SMARTS) is 1. The highest BCUT2D eigenvalue weighted by Gasteiger charge is 2.13. The second kappa shape index (κ2) is 6.35. The van der Waals surface area contributed by atoms with E-state index < -0.39 is 23.4 Å². The van der Waals surface area contributed by atoms with Gasteiger partial charge >= 0.3 is 12.0 Å². The molecule has 0 atom stereocenters. The van der Waals surface area contributed by atoms with Crippen LogP contribution in [-0.4, -0.2) is 35.6 Å². The molecular weight excluding hydrogens is 253 g/mol. The van der Waals surface area contributed by atoms with Crippen LogP contribution >= 0.6 is 0 Å². The Morgan fingerprint density at radius 1 is 1.53 bits per heavy atom. The Bertz CT molecular complexity index is 540. The van der Waals surface area contributed by atoms with Gasteiger partial charge in [0, 0.05) is 19.3 Å². The molecule has 0 radical (unpaired) electrons. The van der Waals surface area contributed by atoms with E-state index in [-0.39, 0.29) is 18.7 Å². The van der Waals surface area contributed by atoms with Crippen molar-refractivity contribution in [2.45, 2.75) is 6.42 Å². The van der Waals surface area contributed by atoms with Gasteiger partial charge in [-0.2, -0.15) is 5.26 Å². The number of hydrogen-bond donors (Lipinski definition) is 2. The van der Waals surface area contributed by atoms with Gasteiger partial charge in [-0.05, 0) is 18.2 Å². The van der Waals surface area contributed by atoms with E-state index in [9.17, 15) is 14.0 Å². The van der Waals surface area contributed by atoms with Crippen molar-refractivity contribution in [3.63, 3.8) is 0 Å². The van der Waals surface area contributed by atoms with Crippen molar-refractivity contribution in [2.75, 3.05) is 18.9 Å². The molecule has 0 unspecified atom stereocenters. The zero-order chi connectivity index (χ0) is 14.4. The Morgan fingerprint density at radius 2 is 2.21 bits per heavy atom. The van der Waals surface area contributed by atoms with Crippen LogP contribution in [0.5, 0.6) is 0 Å². The maximum Gasteiger partial charge on any atom is 0.338 e. The minimum atomic E-state index is -1.41. The monoisotopic (exact) mass is 265 g/mol. The van der Waals surface area contributed by atoms with E-state index in [1.807, 2.05) is 6.07 Å². The van der Waals surface area contributed by atoms with Crippen LogP contribution in [0.3, 0.4) is 0 Å². The summed E-state index contributed by atoms with van der Waals surface area (Å²) >= 11 is 0. The highest BCUT2D eigenvalue weighted by atomic mass is 19.1. The lowest BCUT2D eigenvalue weighted by atomic mass is 10.2. The lowest BCUT2D eigenvalue weighted by molar-refractivity contribution is 0.0692. The lowest BCUT2D eigenvalue weighted by Crippen LogP contribution is -2.32. The predicted octanol–water partition coefficient (Wildman–Crippen LogP) is 1.90. The van der Waals surface area contributed by atoms with Crippen molar-refractivity contribution < 1.29 is 19.1 Å². The number of nitrogens with one attached hydrogen (secondary N) is 1. The molecule has 0 aromatic heterocycles. The van der Waals surface area contributed by atoms with Crippen molar-refractivity contribution in [3.05, 3.63) is 29.6 Å². The number of halogens is 1. The minimum Gasteiger partial charge on any atom is -0.478 e. The lowest BCUT2D eigenvalue weighted by Gasteiger charge is -2.16. The summed E-state index contributed by atoms with van der Waals surface area (Å²) in [5.41, 5.74) is -0.343. The molecule has 0 aliphatic heterocycles. The average molecular weight is 265 g/mol. The Balaban J connectivity index is 2.78. The summed E-state index contributed by atoms with van der Waals surface area (Å²) in [5.74, 6) is -2.28. The fraction of sp³-hybridized carbons (Fsp3) is 0.250. The molecule has 6 nitrogen and oxygen atoms in total. The van der Waals surface area contributed by atoms with Gasteiger partial charge in [0.1, 0.15) is 5.82 Å². The van der Waals surface area contributed by atoms with Gasteiger partial charge < -0.3 is 15.3 Å². The van der Waals surface area contributed by atoms with Gasteiger partial charge in [0.2, 0.25) is 0 Å². The summed E-state index contributed by atoms with van der Waals surface area (Å²) in [6, 6.07) is 4.66. The first-order valence-corrected chi connectivity index (χ1v) is 5.37. The first-order valence-electron chi connectivity index (χ1n) is 5.37. The first-order chi connectivity index (χ1) is 8.95. The van der Waals surface area contributed by atoms with E-state index in [2.05, 4.69) is 5.32 Å². The Kier molecular flexibility index (Phi) is 4.83. The van der Waals surface area contributed by atoms with Gasteiger partial charge in [-0.1, -0.05) is 0 Å². The van der Waals surface area contributed by atoms with E-state index in [1.54, 1.807) is 0 Å². The number of amides is 2. The van der Waals surface area contributed by atoms with Gasteiger partial charge in [0.05, 0.1) is 18.1 Å². The molecule has 0 aliphatic carbocycles. The summed E-state index contributed by atoms with van der Waals surface area (Å²) in [4.78, 5) is 23.7. The van der Waals surface area contributed by atoms with Gasteiger partial charge in [-0.3, -0.25) is 0 Å². The number of aromatic carboxylic acids is 1. The number of benzene rings is 1. The zero-order valence-electron chi connectivity index (χ0n) is 10.2. The van der Waals surface area contributed by atoms with Crippen LogP contribution < -0.4 is 5.32 Å². The SMILES string of the molecule is CN(CCC#N)C(=O)Nc1ccc(F)c(C(=O)O)c1. The van der Waals surface area contributed by atoms with Gasteiger partial charge in [0.25, 0.3) is 0 Å². The van der Waals surface area contributed by atoms with Gasteiger partial charge in [-0.15, -0.1) is 0 Å². The number of carbonyl (C=O) groups is 2. The first kappa shape index (κ1) is 14.4. The Morgan fingerprint density at radius 3 is 2.79 bits per heavy atom. The Labute approximate surface area is 109 Å². The van der Waals surface area contributed by atoms with Crippen LogP contribution in [-0.2, 0) is 0 Å². The van der Waals surface area contributed by atoms with Crippen LogP contribution in [0.2, 0.25) is 0 Å². The predicted molar refractivity (Wildman–Crippen MR) is 65.2 cm³/mol. The van der Waals surface area contributed by atoms with Crippen LogP contribution in [0.1, 0.15) is 16.8 Å². The van der Waals surface area contributed by atoms with Crippen LogP contribution in [0.25, 0.3) is 0 Å². The normalized spacial score (nSPS) is 9.53. The average Bonchev–Trinajstić information content (AvgIpc) is 2.37. The third-order valence-electron chi connectivity index (χ3n) is 2.35. The Hall–Kier alpha value is -2.62. The van der Waals surface area contributed by atoms with Gasteiger partial charge in [0.15, 0.2) is 0 Å². The van der Waals surface area contributed by atoms with E-state index in [4.69, 9.17) is 10.4 Å². The standard InChI is InChI=1S/C12H12FN3O3/c1-16(6-2-5-14)12(19)15-8-3-4-10(13)9(7-8)11(17)18/h3-4,7H,2,6H2,1H3,(H,15,19)(H,17,18). The molecule has 0 fully saturated rings. The quantitative estimate of drug-likeness (QED) is 0.869. The summed E-state index contributed by atoms with van der Waals surface area (Å²) in [6.07, 6.45) is 0.188. The van der Waals surface area contributed by atoms with Crippen LogP contribution in [0.4, 0.5) is 14.9 Å². The molecule has 19 heavy (non-hydrogen) atoms. The summed E-state index contributed by atoms with van der Waals surface area (Å²) in [5, 5.41) is 19.6. The number of urea groups is 1. The van der Waals surface area contributed by atoms with Gasteiger partial charge in [-0.25, -0.2) is 14.0 Å². The zero-order valence-corrected chi connectivity index (χ0v) is 10.2. The highest BCUT2D eigenvalue weighted by molar-refractivity contribution is 5.93.